The molecular weight excluding hydrogens is 396 g/mol. The Kier molecular flexibility index (Phi) is 5.06. The van der Waals surface area contributed by atoms with Gasteiger partial charge in [-0.2, -0.15) is 0 Å². The third-order valence-electron chi connectivity index (χ3n) is 4.53. The zero-order valence-corrected chi connectivity index (χ0v) is 17.6. The number of nitrogens with one attached hydrogen (secondary N) is 2. The Balaban J connectivity index is 1.61. The third kappa shape index (κ3) is 4.32. The van der Waals surface area contributed by atoms with Crippen LogP contribution in [-0.2, 0) is 0 Å². The number of hydrogen-bond acceptors (Lipinski definition) is 6. The maximum absolute atomic E-state index is 13.1. The number of aryl methyl sites for hydroxylation is 1. The lowest BCUT2D eigenvalue weighted by atomic mass is 10.1. The van der Waals surface area contributed by atoms with Gasteiger partial charge in [0.05, 0.1) is 22.9 Å². The van der Waals surface area contributed by atoms with Crippen LogP contribution in [-0.4, -0.2) is 27.5 Å². The van der Waals surface area contributed by atoms with Gasteiger partial charge >= 0.3 is 0 Å². The van der Waals surface area contributed by atoms with Gasteiger partial charge in [0.25, 0.3) is 17.5 Å². The van der Waals surface area contributed by atoms with Crippen LogP contribution < -0.4 is 10.6 Å². The van der Waals surface area contributed by atoms with Gasteiger partial charge in [0, 0.05) is 16.8 Å². The van der Waals surface area contributed by atoms with Crippen LogP contribution in [0.3, 0.4) is 0 Å². The van der Waals surface area contributed by atoms with E-state index < -0.39 is 0 Å². The number of fused-ring (bicyclic) bond motifs is 1. The molecule has 8 heteroatoms. The molecular formula is C23H22N4O4. The fourth-order valence-corrected chi connectivity index (χ4v) is 3.14. The van der Waals surface area contributed by atoms with E-state index in [1.54, 1.807) is 49.4 Å². The number of furan rings is 1. The van der Waals surface area contributed by atoms with Crippen LogP contribution in [0.4, 0.5) is 5.69 Å². The van der Waals surface area contributed by atoms with Crippen molar-refractivity contribution >= 4 is 28.6 Å². The van der Waals surface area contributed by atoms with E-state index in [9.17, 15) is 9.59 Å². The van der Waals surface area contributed by atoms with Crippen molar-refractivity contribution in [2.45, 2.75) is 33.2 Å². The molecule has 0 bridgehead atoms. The fraction of sp³-hybridized carbons (Fsp3) is 0.217. The van der Waals surface area contributed by atoms with E-state index in [0.717, 1.165) is 0 Å². The van der Waals surface area contributed by atoms with Crippen LogP contribution in [0.1, 0.15) is 47.2 Å². The average Bonchev–Trinajstić information content (AvgIpc) is 3.37. The van der Waals surface area contributed by atoms with Gasteiger partial charge in [-0.3, -0.25) is 9.59 Å². The van der Waals surface area contributed by atoms with Gasteiger partial charge in [-0.1, -0.05) is 5.16 Å². The number of anilines is 1. The lowest BCUT2D eigenvalue weighted by molar-refractivity contribution is 0.0919. The van der Waals surface area contributed by atoms with Crippen molar-refractivity contribution in [1.29, 1.82) is 0 Å². The first-order valence-electron chi connectivity index (χ1n) is 9.76. The molecule has 2 N–H and O–H groups in total. The maximum Gasteiger partial charge on any atom is 0.259 e. The van der Waals surface area contributed by atoms with Gasteiger partial charge in [-0.15, -0.1) is 0 Å². The zero-order chi connectivity index (χ0) is 22.2. The molecule has 0 aliphatic rings. The minimum atomic E-state index is -0.349. The van der Waals surface area contributed by atoms with Gasteiger partial charge < -0.3 is 19.6 Å². The molecule has 4 aromatic rings. The standard InChI is InChI=1S/C23H22N4O4/c1-13-19-16(12-17(18-6-5-11-30-18)25-22(19)31-27-13)21(29)24-15-9-7-14(8-10-15)20(28)26-23(2,3)4/h5-12H,1-4H3,(H,24,29)(H,26,28). The summed E-state index contributed by atoms with van der Waals surface area (Å²) in [6.07, 6.45) is 1.53. The minimum Gasteiger partial charge on any atom is -0.463 e. The number of aromatic nitrogens is 2. The van der Waals surface area contributed by atoms with Crippen molar-refractivity contribution in [3.63, 3.8) is 0 Å². The summed E-state index contributed by atoms with van der Waals surface area (Å²) in [5, 5.41) is 10.2. The Bertz CT molecular complexity index is 1250. The summed E-state index contributed by atoms with van der Waals surface area (Å²) in [5.41, 5.74) is 2.38. The molecule has 8 nitrogen and oxygen atoms in total. The highest BCUT2D eigenvalue weighted by Gasteiger charge is 2.21. The van der Waals surface area contributed by atoms with E-state index in [1.807, 2.05) is 20.8 Å². The van der Waals surface area contributed by atoms with Crippen LogP contribution in [0.2, 0.25) is 0 Å². The van der Waals surface area contributed by atoms with Gasteiger partial charge in [0.2, 0.25) is 0 Å². The predicted molar refractivity (Wildman–Crippen MR) is 116 cm³/mol. The number of benzene rings is 1. The fourth-order valence-electron chi connectivity index (χ4n) is 3.14. The third-order valence-corrected chi connectivity index (χ3v) is 4.53. The summed E-state index contributed by atoms with van der Waals surface area (Å²) >= 11 is 0. The highest BCUT2D eigenvalue weighted by Crippen LogP contribution is 2.28. The molecule has 1 aromatic carbocycles. The molecule has 0 saturated carbocycles. The van der Waals surface area contributed by atoms with Crippen LogP contribution in [0.15, 0.2) is 57.7 Å². The summed E-state index contributed by atoms with van der Waals surface area (Å²) in [6.45, 7) is 7.50. The first kappa shape index (κ1) is 20.3. The van der Waals surface area contributed by atoms with E-state index in [4.69, 9.17) is 8.94 Å². The molecule has 0 radical (unpaired) electrons. The molecule has 0 saturated heterocycles. The van der Waals surface area contributed by atoms with Gasteiger partial charge in [-0.05, 0) is 70.2 Å². The quantitative estimate of drug-likeness (QED) is 0.502. The Morgan fingerprint density at radius 2 is 1.77 bits per heavy atom. The van der Waals surface area contributed by atoms with Crippen molar-refractivity contribution in [2.24, 2.45) is 0 Å². The van der Waals surface area contributed by atoms with Crippen LogP contribution in [0.5, 0.6) is 0 Å². The minimum absolute atomic E-state index is 0.176. The second-order valence-electron chi connectivity index (χ2n) is 8.22. The highest BCUT2D eigenvalue weighted by atomic mass is 16.5. The molecule has 158 valence electrons. The highest BCUT2D eigenvalue weighted by molar-refractivity contribution is 6.13. The first-order valence-corrected chi connectivity index (χ1v) is 9.76. The molecule has 3 heterocycles. The summed E-state index contributed by atoms with van der Waals surface area (Å²) < 4.78 is 10.7. The zero-order valence-electron chi connectivity index (χ0n) is 17.6. The molecule has 0 aliphatic carbocycles. The number of carbonyl (C=O) groups excluding carboxylic acids is 2. The summed E-state index contributed by atoms with van der Waals surface area (Å²) in [7, 11) is 0. The lowest BCUT2D eigenvalue weighted by Crippen LogP contribution is -2.40. The topological polar surface area (TPSA) is 110 Å². The lowest BCUT2D eigenvalue weighted by Gasteiger charge is -2.20. The molecule has 0 fully saturated rings. The summed E-state index contributed by atoms with van der Waals surface area (Å²) in [4.78, 5) is 29.8. The van der Waals surface area contributed by atoms with Gasteiger partial charge in [-0.25, -0.2) is 4.98 Å². The van der Waals surface area contributed by atoms with Crippen molar-refractivity contribution in [2.75, 3.05) is 5.32 Å². The molecule has 0 atom stereocenters. The number of nitrogens with zero attached hydrogens (tertiary/aromatic N) is 2. The largest absolute Gasteiger partial charge is 0.463 e. The van der Waals surface area contributed by atoms with Crippen molar-refractivity contribution in [3.05, 3.63) is 65.5 Å². The second-order valence-corrected chi connectivity index (χ2v) is 8.22. The Labute approximate surface area is 178 Å². The summed E-state index contributed by atoms with van der Waals surface area (Å²) in [5.74, 6) is -0.0120. The molecule has 0 aliphatic heterocycles. The van der Waals surface area contributed by atoms with E-state index in [0.29, 0.717) is 39.3 Å². The van der Waals surface area contributed by atoms with Crippen molar-refractivity contribution in [3.8, 4) is 11.5 Å². The average molecular weight is 418 g/mol. The van der Waals surface area contributed by atoms with Crippen molar-refractivity contribution < 1.29 is 18.5 Å². The van der Waals surface area contributed by atoms with E-state index in [1.165, 1.54) is 6.26 Å². The molecule has 0 spiro atoms. The van der Waals surface area contributed by atoms with Gasteiger partial charge in [0.15, 0.2) is 5.76 Å². The second kappa shape index (κ2) is 7.71. The van der Waals surface area contributed by atoms with Gasteiger partial charge in [0.1, 0.15) is 5.69 Å². The summed E-state index contributed by atoms with van der Waals surface area (Å²) in [6, 6.07) is 11.8. The smallest absolute Gasteiger partial charge is 0.259 e. The number of carbonyl (C=O) groups is 2. The van der Waals surface area contributed by atoms with Crippen LogP contribution in [0.25, 0.3) is 22.6 Å². The molecule has 3 aromatic heterocycles. The van der Waals surface area contributed by atoms with E-state index in [2.05, 4.69) is 20.8 Å². The Morgan fingerprint density at radius 3 is 2.42 bits per heavy atom. The normalized spacial score (nSPS) is 11.5. The van der Waals surface area contributed by atoms with Crippen LogP contribution >= 0.6 is 0 Å². The Morgan fingerprint density at radius 1 is 1.03 bits per heavy atom. The molecule has 31 heavy (non-hydrogen) atoms. The number of hydrogen-bond donors (Lipinski definition) is 2. The predicted octanol–water partition coefficient (Wildman–Crippen LogP) is 4.57. The number of amides is 2. The maximum atomic E-state index is 13.1. The SMILES string of the molecule is Cc1noc2nc(-c3ccco3)cc(C(=O)Nc3ccc(C(=O)NC(C)(C)C)cc3)c12. The molecule has 4 rings (SSSR count). The molecule has 0 unspecified atom stereocenters. The monoisotopic (exact) mass is 418 g/mol. The van der Waals surface area contributed by atoms with E-state index in [-0.39, 0.29) is 23.1 Å². The Hall–Kier alpha value is -3.94. The first-order chi connectivity index (χ1) is 14.7. The van der Waals surface area contributed by atoms with Crippen molar-refractivity contribution in [1.82, 2.24) is 15.5 Å². The van der Waals surface area contributed by atoms with E-state index >= 15 is 0 Å². The molecule has 2 amide bonds. The van der Waals surface area contributed by atoms with Crippen LogP contribution in [0, 0.1) is 6.92 Å². The number of pyridine rings is 1. The number of rotatable bonds is 4.